The van der Waals surface area contributed by atoms with Gasteiger partial charge in [0.15, 0.2) is 11.7 Å². The molecule has 1 fully saturated rings. The van der Waals surface area contributed by atoms with Crippen LogP contribution in [0.2, 0.25) is 5.02 Å². The molecule has 0 unspecified atom stereocenters. The Labute approximate surface area is 174 Å². The number of carbonyl (C=O) groups excluding carboxylic acids is 1. The summed E-state index contributed by atoms with van der Waals surface area (Å²) in [6.45, 7) is 4.52. The third kappa shape index (κ3) is 6.45. The van der Waals surface area contributed by atoms with Gasteiger partial charge in [-0.1, -0.05) is 35.9 Å². The molecule has 1 aliphatic heterocycles. The predicted molar refractivity (Wildman–Crippen MR) is 113 cm³/mol. The number of halogens is 1. The summed E-state index contributed by atoms with van der Waals surface area (Å²) in [5.41, 5.74) is 2.07. The fraction of sp³-hybridized carbons (Fsp3) is 0.300. The van der Waals surface area contributed by atoms with Crippen LogP contribution in [0.1, 0.15) is 5.56 Å². The molecule has 1 aliphatic rings. The van der Waals surface area contributed by atoms with E-state index in [2.05, 4.69) is 22.8 Å². The van der Waals surface area contributed by atoms with Crippen LogP contribution in [0.25, 0.3) is 0 Å². The van der Waals surface area contributed by atoms with E-state index in [0.29, 0.717) is 10.8 Å². The number of amides is 1. The molecule has 0 spiro atoms. The standard InChI is InChI=1S/C20H22ClN3O3S/c21-17-3-1-2-4-18(17)27-14-19(25)23-20(28)22-16-7-5-15(6-8-16)13-24-9-11-26-12-10-24/h1-8H,9-14H2,(H2,22,23,25,28)/p+1. The van der Waals surface area contributed by atoms with E-state index in [1.54, 1.807) is 24.3 Å². The summed E-state index contributed by atoms with van der Waals surface area (Å²) in [5.74, 6) is 0.0983. The van der Waals surface area contributed by atoms with Gasteiger partial charge in [-0.3, -0.25) is 10.1 Å². The second kappa shape index (κ2) is 10.4. The molecule has 2 aromatic carbocycles. The molecule has 0 bridgehead atoms. The highest BCUT2D eigenvalue weighted by Gasteiger charge is 2.14. The zero-order valence-electron chi connectivity index (χ0n) is 15.4. The van der Waals surface area contributed by atoms with Crippen molar-refractivity contribution in [2.75, 3.05) is 38.2 Å². The number of ether oxygens (including phenoxy) is 2. The van der Waals surface area contributed by atoms with Crippen molar-refractivity contribution in [3.63, 3.8) is 0 Å². The molecule has 1 amide bonds. The number of benzene rings is 2. The lowest BCUT2D eigenvalue weighted by Crippen LogP contribution is -3.12. The van der Waals surface area contributed by atoms with Gasteiger partial charge < -0.3 is 19.7 Å². The Balaban J connectivity index is 1.42. The monoisotopic (exact) mass is 420 g/mol. The molecule has 28 heavy (non-hydrogen) atoms. The highest BCUT2D eigenvalue weighted by atomic mass is 35.5. The van der Waals surface area contributed by atoms with Crippen molar-refractivity contribution in [2.24, 2.45) is 0 Å². The number of quaternary nitrogens is 1. The first-order valence-corrected chi connectivity index (χ1v) is 9.87. The van der Waals surface area contributed by atoms with E-state index in [-0.39, 0.29) is 17.6 Å². The molecule has 1 saturated heterocycles. The summed E-state index contributed by atoms with van der Waals surface area (Å²) in [4.78, 5) is 13.5. The number of anilines is 1. The molecule has 3 rings (SSSR count). The van der Waals surface area contributed by atoms with Crippen LogP contribution in [-0.4, -0.2) is 43.9 Å². The van der Waals surface area contributed by atoms with E-state index in [4.69, 9.17) is 33.3 Å². The van der Waals surface area contributed by atoms with Gasteiger partial charge in [0.25, 0.3) is 5.91 Å². The van der Waals surface area contributed by atoms with Crippen molar-refractivity contribution in [2.45, 2.75) is 6.54 Å². The predicted octanol–water partition coefficient (Wildman–Crippen LogP) is 1.65. The zero-order valence-corrected chi connectivity index (χ0v) is 16.9. The normalized spacial score (nSPS) is 14.3. The second-order valence-electron chi connectivity index (χ2n) is 6.46. The number of carbonyl (C=O) groups is 1. The minimum atomic E-state index is -0.357. The number of rotatable bonds is 6. The largest absolute Gasteiger partial charge is 0.482 e. The molecule has 6 nitrogen and oxygen atoms in total. The van der Waals surface area contributed by atoms with E-state index >= 15 is 0 Å². The van der Waals surface area contributed by atoms with Gasteiger partial charge in [0.1, 0.15) is 25.4 Å². The Hall–Kier alpha value is -2.19. The van der Waals surface area contributed by atoms with Crippen molar-refractivity contribution in [1.82, 2.24) is 5.32 Å². The fourth-order valence-electron chi connectivity index (χ4n) is 2.86. The van der Waals surface area contributed by atoms with Crippen LogP contribution in [0, 0.1) is 0 Å². The van der Waals surface area contributed by atoms with Crippen molar-refractivity contribution >= 4 is 40.5 Å². The number of thiocarbonyl (C=S) groups is 1. The summed E-state index contributed by atoms with van der Waals surface area (Å²) in [7, 11) is 0. The van der Waals surface area contributed by atoms with Gasteiger partial charge >= 0.3 is 0 Å². The summed E-state index contributed by atoms with van der Waals surface area (Å²) in [6.07, 6.45) is 0. The summed E-state index contributed by atoms with van der Waals surface area (Å²) < 4.78 is 10.8. The maximum atomic E-state index is 12.0. The van der Waals surface area contributed by atoms with Gasteiger partial charge in [0.05, 0.1) is 18.2 Å². The van der Waals surface area contributed by atoms with Crippen molar-refractivity contribution in [3.8, 4) is 5.75 Å². The van der Waals surface area contributed by atoms with E-state index in [9.17, 15) is 4.79 Å². The zero-order chi connectivity index (χ0) is 19.8. The Morgan fingerprint density at radius 3 is 2.57 bits per heavy atom. The second-order valence-corrected chi connectivity index (χ2v) is 7.27. The fourth-order valence-corrected chi connectivity index (χ4v) is 3.28. The van der Waals surface area contributed by atoms with Crippen LogP contribution in [-0.2, 0) is 16.1 Å². The molecule has 0 saturated carbocycles. The molecule has 2 aromatic rings. The maximum absolute atomic E-state index is 12.0. The number of para-hydroxylation sites is 1. The van der Waals surface area contributed by atoms with Gasteiger partial charge in [-0.25, -0.2) is 0 Å². The van der Waals surface area contributed by atoms with Gasteiger partial charge in [-0.15, -0.1) is 0 Å². The van der Waals surface area contributed by atoms with Crippen LogP contribution < -0.4 is 20.3 Å². The lowest BCUT2D eigenvalue weighted by molar-refractivity contribution is -0.921. The average molecular weight is 421 g/mol. The number of hydrogen-bond donors (Lipinski definition) is 3. The molecule has 0 radical (unpaired) electrons. The molecule has 3 N–H and O–H groups in total. The van der Waals surface area contributed by atoms with E-state index in [0.717, 1.165) is 38.5 Å². The minimum absolute atomic E-state index is 0.174. The SMILES string of the molecule is O=C(COc1ccccc1Cl)NC(=S)Nc1ccc(C[NH+]2CCOCC2)cc1. The Morgan fingerprint density at radius 2 is 1.86 bits per heavy atom. The molecule has 0 atom stereocenters. The summed E-state index contributed by atoms with van der Waals surface area (Å²) >= 11 is 11.2. The lowest BCUT2D eigenvalue weighted by Gasteiger charge is -2.23. The Morgan fingerprint density at radius 1 is 1.14 bits per heavy atom. The number of nitrogens with one attached hydrogen (secondary N) is 3. The maximum Gasteiger partial charge on any atom is 0.264 e. The van der Waals surface area contributed by atoms with Gasteiger partial charge in [-0.2, -0.15) is 0 Å². The molecule has 8 heteroatoms. The molecular formula is C20H23ClN3O3S+. The molecule has 148 valence electrons. The van der Waals surface area contributed by atoms with E-state index < -0.39 is 0 Å². The first-order valence-electron chi connectivity index (χ1n) is 9.08. The van der Waals surface area contributed by atoms with Crippen LogP contribution in [0.5, 0.6) is 5.75 Å². The van der Waals surface area contributed by atoms with Crippen LogP contribution in [0.15, 0.2) is 48.5 Å². The highest BCUT2D eigenvalue weighted by Crippen LogP contribution is 2.22. The third-order valence-corrected chi connectivity index (χ3v) is 4.83. The van der Waals surface area contributed by atoms with E-state index in [1.807, 2.05) is 12.1 Å². The number of hydrogen-bond acceptors (Lipinski definition) is 4. The van der Waals surface area contributed by atoms with Crippen LogP contribution >= 0.6 is 23.8 Å². The summed E-state index contributed by atoms with van der Waals surface area (Å²) in [6, 6.07) is 15.0. The first kappa shape index (κ1) is 20.5. The average Bonchev–Trinajstić information content (AvgIpc) is 2.69. The van der Waals surface area contributed by atoms with Crippen molar-refractivity contribution in [3.05, 3.63) is 59.1 Å². The van der Waals surface area contributed by atoms with Gasteiger partial charge in [0, 0.05) is 11.3 Å². The van der Waals surface area contributed by atoms with Crippen molar-refractivity contribution in [1.29, 1.82) is 0 Å². The first-order chi connectivity index (χ1) is 13.6. The van der Waals surface area contributed by atoms with Crippen LogP contribution in [0.4, 0.5) is 5.69 Å². The quantitative estimate of drug-likeness (QED) is 0.620. The van der Waals surface area contributed by atoms with Gasteiger partial charge in [0.2, 0.25) is 0 Å². The van der Waals surface area contributed by atoms with Crippen molar-refractivity contribution < 1.29 is 19.2 Å². The van der Waals surface area contributed by atoms with Crippen LogP contribution in [0.3, 0.4) is 0 Å². The molecule has 0 aromatic heterocycles. The number of morpholine rings is 1. The third-order valence-electron chi connectivity index (χ3n) is 4.31. The molecule has 0 aliphatic carbocycles. The van der Waals surface area contributed by atoms with Gasteiger partial charge in [-0.05, 0) is 36.5 Å². The molecule has 1 heterocycles. The summed E-state index contributed by atoms with van der Waals surface area (Å²) in [5, 5.41) is 6.27. The topological polar surface area (TPSA) is 64.0 Å². The smallest absolute Gasteiger partial charge is 0.264 e. The van der Waals surface area contributed by atoms with E-state index in [1.165, 1.54) is 10.5 Å². The lowest BCUT2D eigenvalue weighted by atomic mass is 10.2. The molecular weight excluding hydrogens is 398 g/mol. The Bertz CT molecular complexity index is 811. The highest BCUT2D eigenvalue weighted by molar-refractivity contribution is 7.80. The Kier molecular flexibility index (Phi) is 7.62. The minimum Gasteiger partial charge on any atom is -0.482 e.